The molecular formula is C11H14N2O2. The molecule has 0 aliphatic rings. The van der Waals surface area contributed by atoms with Gasteiger partial charge in [0.2, 0.25) is 0 Å². The predicted molar refractivity (Wildman–Crippen MR) is 58.9 cm³/mol. The molecule has 2 amide bonds. The van der Waals surface area contributed by atoms with Gasteiger partial charge in [-0.3, -0.25) is 4.90 Å². The summed E-state index contributed by atoms with van der Waals surface area (Å²) >= 11 is 0. The summed E-state index contributed by atoms with van der Waals surface area (Å²) in [5.74, 6) is 0. The molecule has 0 saturated heterocycles. The average Bonchev–Trinajstić information content (AvgIpc) is 2.26. The highest BCUT2D eigenvalue weighted by atomic mass is 16.2. The SMILES string of the molecule is CN(C)C(=O)N(CC=O)c1ccccc1. The minimum atomic E-state index is -0.201. The fourth-order valence-electron chi connectivity index (χ4n) is 1.22. The van der Waals surface area contributed by atoms with E-state index in [1.807, 2.05) is 18.2 Å². The third-order valence-corrected chi connectivity index (χ3v) is 1.94. The molecule has 0 N–H and O–H groups in total. The van der Waals surface area contributed by atoms with Crippen LogP contribution in [0, 0.1) is 0 Å². The van der Waals surface area contributed by atoms with Crippen molar-refractivity contribution >= 4 is 18.0 Å². The van der Waals surface area contributed by atoms with Gasteiger partial charge in [0.05, 0.1) is 6.54 Å². The Morgan fingerprint density at radius 3 is 2.33 bits per heavy atom. The molecule has 0 fully saturated rings. The highest BCUT2D eigenvalue weighted by molar-refractivity contribution is 5.94. The van der Waals surface area contributed by atoms with E-state index in [1.165, 1.54) is 9.80 Å². The summed E-state index contributed by atoms with van der Waals surface area (Å²) in [4.78, 5) is 25.1. The van der Waals surface area contributed by atoms with Crippen molar-refractivity contribution < 1.29 is 9.59 Å². The lowest BCUT2D eigenvalue weighted by atomic mass is 10.3. The first-order chi connectivity index (χ1) is 7.16. The maximum absolute atomic E-state index is 11.7. The Balaban J connectivity index is 2.93. The van der Waals surface area contributed by atoms with Crippen molar-refractivity contribution in [3.8, 4) is 0 Å². The zero-order chi connectivity index (χ0) is 11.3. The van der Waals surface area contributed by atoms with Crippen LogP contribution in [-0.2, 0) is 4.79 Å². The van der Waals surface area contributed by atoms with E-state index in [9.17, 15) is 9.59 Å². The molecule has 1 aromatic rings. The fourth-order valence-corrected chi connectivity index (χ4v) is 1.22. The number of carbonyl (C=O) groups excluding carboxylic acids is 2. The van der Waals surface area contributed by atoms with Crippen molar-refractivity contribution in [2.75, 3.05) is 25.5 Å². The lowest BCUT2D eigenvalue weighted by molar-refractivity contribution is -0.106. The number of hydrogen-bond acceptors (Lipinski definition) is 2. The number of urea groups is 1. The Morgan fingerprint density at radius 2 is 1.87 bits per heavy atom. The van der Waals surface area contributed by atoms with E-state index < -0.39 is 0 Å². The van der Waals surface area contributed by atoms with Crippen LogP contribution in [0.1, 0.15) is 0 Å². The fraction of sp³-hybridized carbons (Fsp3) is 0.273. The number of amides is 2. The van der Waals surface area contributed by atoms with Crippen LogP contribution in [0.25, 0.3) is 0 Å². The third kappa shape index (κ3) is 2.80. The molecule has 0 radical (unpaired) electrons. The number of benzene rings is 1. The molecule has 0 bridgehead atoms. The molecular weight excluding hydrogens is 192 g/mol. The van der Waals surface area contributed by atoms with Crippen molar-refractivity contribution in [2.45, 2.75) is 0 Å². The Labute approximate surface area is 89.1 Å². The van der Waals surface area contributed by atoms with Crippen molar-refractivity contribution in [3.05, 3.63) is 30.3 Å². The van der Waals surface area contributed by atoms with Gasteiger partial charge in [0.1, 0.15) is 6.29 Å². The van der Waals surface area contributed by atoms with Gasteiger partial charge in [0.25, 0.3) is 0 Å². The average molecular weight is 206 g/mol. The maximum atomic E-state index is 11.7. The number of anilines is 1. The van der Waals surface area contributed by atoms with E-state index in [2.05, 4.69) is 0 Å². The van der Waals surface area contributed by atoms with Crippen LogP contribution in [0.4, 0.5) is 10.5 Å². The zero-order valence-corrected chi connectivity index (χ0v) is 8.88. The summed E-state index contributed by atoms with van der Waals surface area (Å²) in [5, 5.41) is 0. The molecule has 1 rings (SSSR count). The Bertz CT molecular complexity index is 336. The summed E-state index contributed by atoms with van der Waals surface area (Å²) in [6.45, 7) is 0.0705. The zero-order valence-electron chi connectivity index (χ0n) is 8.88. The van der Waals surface area contributed by atoms with Crippen LogP contribution in [0.5, 0.6) is 0 Å². The van der Waals surface area contributed by atoms with Gasteiger partial charge < -0.3 is 9.69 Å². The van der Waals surface area contributed by atoms with Gasteiger partial charge in [-0.2, -0.15) is 0 Å². The molecule has 4 nitrogen and oxygen atoms in total. The van der Waals surface area contributed by atoms with E-state index in [-0.39, 0.29) is 12.6 Å². The lowest BCUT2D eigenvalue weighted by Crippen LogP contribution is -2.40. The normalized spacial score (nSPS) is 9.47. The van der Waals surface area contributed by atoms with Crippen LogP contribution >= 0.6 is 0 Å². The summed E-state index contributed by atoms with van der Waals surface area (Å²) in [5.41, 5.74) is 0.725. The second-order valence-corrected chi connectivity index (χ2v) is 3.29. The van der Waals surface area contributed by atoms with Crippen molar-refractivity contribution in [1.29, 1.82) is 0 Å². The Morgan fingerprint density at radius 1 is 1.27 bits per heavy atom. The minimum absolute atomic E-state index is 0.0705. The van der Waals surface area contributed by atoms with Crippen LogP contribution in [0.15, 0.2) is 30.3 Å². The summed E-state index contributed by atoms with van der Waals surface area (Å²) in [7, 11) is 3.31. The molecule has 0 unspecified atom stereocenters. The van der Waals surface area contributed by atoms with Crippen LogP contribution in [0.2, 0.25) is 0 Å². The van der Waals surface area contributed by atoms with Crippen molar-refractivity contribution in [1.82, 2.24) is 4.90 Å². The standard InChI is InChI=1S/C11H14N2O2/c1-12(2)11(15)13(8-9-14)10-6-4-3-5-7-10/h3-7,9H,8H2,1-2H3. The number of carbonyl (C=O) groups is 2. The topological polar surface area (TPSA) is 40.6 Å². The Kier molecular flexibility index (Phi) is 3.85. The highest BCUT2D eigenvalue weighted by Crippen LogP contribution is 2.13. The molecule has 0 aliphatic carbocycles. The van der Waals surface area contributed by atoms with E-state index in [1.54, 1.807) is 26.2 Å². The molecule has 0 spiro atoms. The minimum Gasteiger partial charge on any atom is -0.330 e. The van der Waals surface area contributed by atoms with Gasteiger partial charge in [0.15, 0.2) is 0 Å². The molecule has 0 saturated carbocycles. The van der Waals surface area contributed by atoms with Crippen LogP contribution < -0.4 is 4.90 Å². The Hall–Kier alpha value is -1.84. The molecule has 15 heavy (non-hydrogen) atoms. The number of aldehydes is 1. The molecule has 0 aromatic heterocycles. The van der Waals surface area contributed by atoms with E-state index in [0.29, 0.717) is 6.29 Å². The second kappa shape index (κ2) is 5.14. The number of para-hydroxylation sites is 1. The van der Waals surface area contributed by atoms with E-state index in [0.717, 1.165) is 5.69 Å². The number of hydrogen-bond donors (Lipinski definition) is 0. The van der Waals surface area contributed by atoms with Crippen LogP contribution in [-0.4, -0.2) is 37.9 Å². The maximum Gasteiger partial charge on any atom is 0.324 e. The smallest absolute Gasteiger partial charge is 0.324 e. The number of nitrogens with zero attached hydrogens (tertiary/aromatic N) is 2. The first-order valence-electron chi connectivity index (χ1n) is 4.64. The molecule has 0 aliphatic heterocycles. The first-order valence-corrected chi connectivity index (χ1v) is 4.64. The quantitative estimate of drug-likeness (QED) is 0.701. The third-order valence-electron chi connectivity index (χ3n) is 1.94. The largest absolute Gasteiger partial charge is 0.330 e. The molecule has 1 aromatic carbocycles. The van der Waals surface area contributed by atoms with Gasteiger partial charge in [-0.25, -0.2) is 4.79 Å². The highest BCUT2D eigenvalue weighted by Gasteiger charge is 2.16. The van der Waals surface area contributed by atoms with Crippen molar-refractivity contribution in [2.24, 2.45) is 0 Å². The summed E-state index contributed by atoms with van der Waals surface area (Å²) < 4.78 is 0. The van der Waals surface area contributed by atoms with E-state index >= 15 is 0 Å². The molecule has 4 heteroatoms. The lowest BCUT2D eigenvalue weighted by Gasteiger charge is -2.24. The number of rotatable bonds is 3. The molecule has 80 valence electrons. The van der Waals surface area contributed by atoms with Gasteiger partial charge >= 0.3 is 6.03 Å². The van der Waals surface area contributed by atoms with Gasteiger partial charge in [-0.1, -0.05) is 18.2 Å². The first kappa shape index (κ1) is 11.2. The second-order valence-electron chi connectivity index (χ2n) is 3.29. The van der Waals surface area contributed by atoms with Gasteiger partial charge in [-0.15, -0.1) is 0 Å². The van der Waals surface area contributed by atoms with Gasteiger partial charge in [-0.05, 0) is 12.1 Å². The monoisotopic (exact) mass is 206 g/mol. The van der Waals surface area contributed by atoms with Crippen molar-refractivity contribution in [3.63, 3.8) is 0 Å². The van der Waals surface area contributed by atoms with E-state index in [4.69, 9.17) is 0 Å². The predicted octanol–water partition coefficient (Wildman–Crippen LogP) is 1.37. The summed E-state index contributed by atoms with van der Waals surface area (Å²) in [6.07, 6.45) is 0.717. The molecule has 0 atom stereocenters. The summed E-state index contributed by atoms with van der Waals surface area (Å²) in [6, 6.07) is 8.92. The molecule has 0 heterocycles. The van der Waals surface area contributed by atoms with Crippen LogP contribution in [0.3, 0.4) is 0 Å². The van der Waals surface area contributed by atoms with Gasteiger partial charge in [0, 0.05) is 19.8 Å².